The minimum absolute atomic E-state index is 0.404. The summed E-state index contributed by atoms with van der Waals surface area (Å²) in [6.07, 6.45) is 1.61. The summed E-state index contributed by atoms with van der Waals surface area (Å²) in [7, 11) is 0. The number of aliphatic carboxylic acids is 1. The van der Waals surface area contributed by atoms with Crippen molar-refractivity contribution < 1.29 is 14.3 Å². The van der Waals surface area contributed by atoms with E-state index in [1.807, 2.05) is 41.3 Å². The smallest absolute Gasteiger partial charge is 0.320 e. The van der Waals surface area contributed by atoms with Gasteiger partial charge in [-0.2, -0.15) is 0 Å². The first-order chi connectivity index (χ1) is 10.1. The van der Waals surface area contributed by atoms with Crippen molar-refractivity contribution in [3.05, 3.63) is 47.2 Å². The molecule has 4 nitrogen and oxygen atoms in total. The minimum Gasteiger partial charge on any atom is -0.480 e. The third-order valence-corrected chi connectivity index (χ3v) is 4.14. The van der Waals surface area contributed by atoms with Crippen LogP contribution in [0.5, 0.6) is 0 Å². The topological polar surface area (TPSA) is 53.7 Å². The van der Waals surface area contributed by atoms with Crippen LogP contribution >= 0.6 is 11.6 Å². The maximum absolute atomic E-state index is 11.2. The van der Waals surface area contributed by atoms with Crippen molar-refractivity contribution in [1.82, 2.24) is 4.90 Å². The van der Waals surface area contributed by atoms with Gasteiger partial charge in [-0.05, 0) is 43.7 Å². The predicted octanol–water partition coefficient (Wildman–Crippen LogP) is 3.65. The van der Waals surface area contributed by atoms with Crippen molar-refractivity contribution in [2.45, 2.75) is 25.4 Å². The molecular weight excluding hydrogens is 290 g/mol. The number of carboxylic acids is 1. The second-order valence-corrected chi connectivity index (χ2v) is 5.62. The van der Waals surface area contributed by atoms with Crippen molar-refractivity contribution in [1.29, 1.82) is 0 Å². The third-order valence-electron chi connectivity index (χ3n) is 3.81. The van der Waals surface area contributed by atoms with Crippen LogP contribution in [-0.4, -0.2) is 28.6 Å². The van der Waals surface area contributed by atoms with Crippen molar-refractivity contribution in [2.75, 3.05) is 6.54 Å². The van der Waals surface area contributed by atoms with Gasteiger partial charge in [-0.25, -0.2) is 0 Å². The van der Waals surface area contributed by atoms with Gasteiger partial charge in [-0.15, -0.1) is 0 Å². The lowest BCUT2D eigenvalue weighted by molar-refractivity contribution is -0.142. The number of halogens is 1. The quantitative estimate of drug-likeness (QED) is 0.937. The molecule has 1 aliphatic heterocycles. The van der Waals surface area contributed by atoms with Crippen LogP contribution in [0.25, 0.3) is 11.3 Å². The molecule has 1 atom stereocenters. The average molecular weight is 306 g/mol. The maximum atomic E-state index is 11.2. The Morgan fingerprint density at radius 1 is 1.33 bits per heavy atom. The van der Waals surface area contributed by atoms with E-state index in [-0.39, 0.29) is 0 Å². The van der Waals surface area contributed by atoms with Crippen LogP contribution in [0, 0.1) is 0 Å². The second-order valence-electron chi connectivity index (χ2n) is 5.21. The Bertz CT molecular complexity index is 652. The Labute approximate surface area is 127 Å². The van der Waals surface area contributed by atoms with Crippen LogP contribution < -0.4 is 0 Å². The van der Waals surface area contributed by atoms with E-state index < -0.39 is 12.0 Å². The first kappa shape index (κ1) is 14.2. The Balaban J connectivity index is 1.77. The molecule has 1 saturated heterocycles. The van der Waals surface area contributed by atoms with Crippen molar-refractivity contribution in [2.24, 2.45) is 0 Å². The zero-order valence-corrected chi connectivity index (χ0v) is 12.2. The van der Waals surface area contributed by atoms with Crippen molar-refractivity contribution in [3.8, 4) is 11.3 Å². The minimum atomic E-state index is -0.759. The molecule has 2 heterocycles. The summed E-state index contributed by atoms with van der Waals surface area (Å²) in [5, 5.41) is 9.83. The normalized spacial score (nSPS) is 19.0. The number of furan rings is 1. The van der Waals surface area contributed by atoms with Crippen LogP contribution in [0.2, 0.25) is 5.02 Å². The fraction of sp³-hybridized carbons (Fsp3) is 0.312. The molecule has 0 amide bonds. The van der Waals surface area contributed by atoms with Crippen LogP contribution in [-0.2, 0) is 11.3 Å². The van der Waals surface area contributed by atoms with Gasteiger partial charge in [0, 0.05) is 5.56 Å². The molecule has 1 aliphatic rings. The zero-order chi connectivity index (χ0) is 14.8. The lowest BCUT2D eigenvalue weighted by atomic mass is 10.2. The van der Waals surface area contributed by atoms with Gasteiger partial charge in [-0.1, -0.05) is 23.7 Å². The lowest BCUT2D eigenvalue weighted by Gasteiger charge is -2.19. The largest absolute Gasteiger partial charge is 0.480 e. The first-order valence-corrected chi connectivity index (χ1v) is 7.33. The summed E-state index contributed by atoms with van der Waals surface area (Å²) >= 11 is 6.15. The van der Waals surface area contributed by atoms with E-state index in [4.69, 9.17) is 16.0 Å². The zero-order valence-electron chi connectivity index (χ0n) is 11.5. The van der Waals surface area contributed by atoms with Gasteiger partial charge in [0.05, 0.1) is 11.6 Å². The van der Waals surface area contributed by atoms with Crippen LogP contribution in [0.1, 0.15) is 18.6 Å². The van der Waals surface area contributed by atoms with E-state index in [0.29, 0.717) is 23.7 Å². The number of hydrogen-bond donors (Lipinski definition) is 1. The number of rotatable bonds is 4. The molecule has 21 heavy (non-hydrogen) atoms. The van der Waals surface area contributed by atoms with Gasteiger partial charge in [0.1, 0.15) is 17.6 Å². The number of carboxylic acid groups (broad SMARTS) is 1. The molecule has 1 N–H and O–H groups in total. The van der Waals surface area contributed by atoms with E-state index in [9.17, 15) is 9.90 Å². The maximum Gasteiger partial charge on any atom is 0.320 e. The molecule has 2 aromatic rings. The number of hydrogen-bond acceptors (Lipinski definition) is 3. The molecule has 1 aromatic heterocycles. The van der Waals surface area contributed by atoms with E-state index in [1.54, 1.807) is 0 Å². The van der Waals surface area contributed by atoms with Crippen LogP contribution in [0.15, 0.2) is 40.8 Å². The van der Waals surface area contributed by atoms with Gasteiger partial charge < -0.3 is 9.52 Å². The number of benzene rings is 1. The molecule has 5 heteroatoms. The summed E-state index contributed by atoms with van der Waals surface area (Å²) in [5.41, 5.74) is 0.849. The Hall–Kier alpha value is -1.78. The molecule has 0 spiro atoms. The molecule has 0 radical (unpaired) electrons. The number of likely N-dealkylation sites (tertiary alicyclic amines) is 1. The predicted molar refractivity (Wildman–Crippen MR) is 80.2 cm³/mol. The summed E-state index contributed by atoms with van der Waals surface area (Å²) in [6.45, 7) is 1.31. The number of carbonyl (C=O) groups is 1. The Morgan fingerprint density at radius 3 is 2.90 bits per heavy atom. The third kappa shape index (κ3) is 2.96. The molecule has 0 aliphatic carbocycles. The van der Waals surface area contributed by atoms with Gasteiger partial charge >= 0.3 is 5.97 Å². The summed E-state index contributed by atoms with van der Waals surface area (Å²) in [5.74, 6) is 0.713. The highest BCUT2D eigenvalue weighted by Crippen LogP contribution is 2.30. The average Bonchev–Trinajstić information content (AvgIpc) is 3.09. The molecule has 1 fully saturated rings. The van der Waals surface area contributed by atoms with Gasteiger partial charge in [0.15, 0.2) is 0 Å². The van der Waals surface area contributed by atoms with Crippen LogP contribution in [0.4, 0.5) is 0 Å². The highest BCUT2D eigenvalue weighted by molar-refractivity contribution is 6.33. The van der Waals surface area contributed by atoms with Gasteiger partial charge in [0.25, 0.3) is 0 Å². The van der Waals surface area contributed by atoms with E-state index >= 15 is 0 Å². The molecule has 0 unspecified atom stereocenters. The van der Waals surface area contributed by atoms with E-state index in [0.717, 1.165) is 24.3 Å². The number of nitrogens with zero attached hydrogens (tertiary/aromatic N) is 1. The fourth-order valence-corrected chi connectivity index (χ4v) is 2.99. The molecule has 3 rings (SSSR count). The standard InChI is InChI=1S/C16H16ClNO3/c17-13-5-2-1-4-12(13)15-8-7-11(21-15)10-18-9-3-6-14(18)16(19)20/h1-2,4-5,7-8,14H,3,6,9-10H2,(H,19,20)/t14-/m1/s1. The van der Waals surface area contributed by atoms with Crippen molar-refractivity contribution in [3.63, 3.8) is 0 Å². The second kappa shape index (κ2) is 5.92. The lowest BCUT2D eigenvalue weighted by Crippen LogP contribution is -2.35. The Kier molecular flexibility index (Phi) is 3.99. The molecular formula is C16H16ClNO3. The fourth-order valence-electron chi connectivity index (χ4n) is 2.76. The van der Waals surface area contributed by atoms with Crippen molar-refractivity contribution >= 4 is 17.6 Å². The highest BCUT2D eigenvalue weighted by Gasteiger charge is 2.30. The summed E-state index contributed by atoms with van der Waals surface area (Å²) in [6, 6.07) is 10.9. The summed E-state index contributed by atoms with van der Waals surface area (Å²) < 4.78 is 5.82. The summed E-state index contributed by atoms with van der Waals surface area (Å²) in [4.78, 5) is 13.1. The molecule has 0 saturated carbocycles. The Morgan fingerprint density at radius 2 is 2.14 bits per heavy atom. The van der Waals surface area contributed by atoms with E-state index in [2.05, 4.69) is 0 Å². The monoisotopic (exact) mass is 305 g/mol. The van der Waals surface area contributed by atoms with Gasteiger partial charge in [0.2, 0.25) is 0 Å². The SMILES string of the molecule is O=C(O)[C@H]1CCCN1Cc1ccc(-c2ccccc2Cl)o1. The molecule has 110 valence electrons. The molecule has 1 aromatic carbocycles. The van der Waals surface area contributed by atoms with E-state index in [1.165, 1.54) is 0 Å². The molecule has 0 bridgehead atoms. The first-order valence-electron chi connectivity index (χ1n) is 6.95. The van der Waals surface area contributed by atoms with Gasteiger partial charge in [-0.3, -0.25) is 9.69 Å². The van der Waals surface area contributed by atoms with Crippen LogP contribution in [0.3, 0.4) is 0 Å². The highest BCUT2D eigenvalue weighted by atomic mass is 35.5.